The summed E-state index contributed by atoms with van der Waals surface area (Å²) in [5.41, 5.74) is -0.640. The molecule has 0 bridgehead atoms. The summed E-state index contributed by atoms with van der Waals surface area (Å²) in [6.07, 6.45) is 0. The van der Waals surface area contributed by atoms with Gasteiger partial charge in [0.1, 0.15) is 0 Å². The lowest BCUT2D eigenvalue weighted by Gasteiger charge is -2.07. The maximum absolute atomic E-state index is 11.0. The van der Waals surface area contributed by atoms with E-state index in [1.54, 1.807) is 0 Å². The van der Waals surface area contributed by atoms with Gasteiger partial charge < -0.3 is 10.2 Å². The molecule has 0 aromatic heterocycles. The predicted molar refractivity (Wildman–Crippen MR) is 67.9 cm³/mol. The Hall–Kier alpha value is -1.78. The molecule has 0 heterocycles. The van der Waals surface area contributed by atoms with Gasteiger partial charge in [-0.2, -0.15) is 0 Å². The van der Waals surface area contributed by atoms with E-state index in [9.17, 15) is 9.59 Å². The first-order valence-electron chi connectivity index (χ1n) is 4.80. The van der Waals surface area contributed by atoms with Crippen LogP contribution in [-0.2, 0) is 0 Å². The molecule has 0 saturated heterocycles. The number of aromatic carboxylic acids is 2. The Labute approximate surface area is 111 Å². The van der Waals surface area contributed by atoms with Gasteiger partial charge in [-0.3, -0.25) is 0 Å². The van der Waals surface area contributed by atoms with Crippen molar-refractivity contribution in [2.75, 3.05) is 0 Å². The topological polar surface area (TPSA) is 74.6 Å². The van der Waals surface area contributed by atoms with Crippen LogP contribution >= 0.6 is 23.2 Å². The molecule has 0 amide bonds. The zero-order chi connectivity index (χ0) is 13.4. The predicted octanol–water partition coefficient (Wildman–Crippen LogP) is 3.54. The normalized spacial score (nSPS) is 10.6. The van der Waals surface area contributed by atoms with Crippen LogP contribution in [0.4, 0.5) is 0 Å². The van der Waals surface area contributed by atoms with E-state index in [1.807, 2.05) is 0 Å². The Morgan fingerprint density at radius 3 is 1.44 bits per heavy atom. The van der Waals surface area contributed by atoms with Gasteiger partial charge in [0, 0.05) is 20.8 Å². The standard InChI is InChI=1S/C12H6Cl2O4/c13-9-1-2-10(14)6-4-8(12(17)18)7(11(15)16)3-5(6)9/h1-4H,(H,15,16)(H,17,18). The van der Waals surface area contributed by atoms with E-state index in [2.05, 4.69) is 0 Å². The zero-order valence-corrected chi connectivity index (χ0v) is 10.3. The second-order valence-corrected chi connectivity index (χ2v) is 4.40. The second kappa shape index (κ2) is 4.48. The van der Waals surface area contributed by atoms with Crippen LogP contribution < -0.4 is 0 Å². The number of carboxylic acids is 2. The van der Waals surface area contributed by atoms with E-state index in [0.29, 0.717) is 20.8 Å². The summed E-state index contributed by atoms with van der Waals surface area (Å²) in [5.74, 6) is -2.66. The van der Waals surface area contributed by atoms with Crippen LogP contribution in [0.3, 0.4) is 0 Å². The Kier molecular flexibility index (Phi) is 3.15. The molecule has 0 aliphatic heterocycles. The van der Waals surface area contributed by atoms with Crippen molar-refractivity contribution in [3.8, 4) is 0 Å². The van der Waals surface area contributed by atoms with Gasteiger partial charge in [-0.15, -0.1) is 0 Å². The summed E-state index contributed by atoms with van der Waals surface area (Å²) in [5, 5.41) is 19.4. The van der Waals surface area contributed by atoms with Crippen LogP contribution in [0.15, 0.2) is 24.3 Å². The molecule has 0 atom stereocenters. The minimum absolute atomic E-state index is 0.314. The quantitative estimate of drug-likeness (QED) is 0.884. The summed E-state index contributed by atoms with van der Waals surface area (Å²) in [4.78, 5) is 22.1. The van der Waals surface area contributed by atoms with E-state index in [-0.39, 0.29) is 11.1 Å². The number of carboxylic acid groups (broad SMARTS) is 2. The Bertz CT molecular complexity index is 621. The number of rotatable bonds is 2. The first-order chi connectivity index (χ1) is 8.41. The highest BCUT2D eigenvalue weighted by molar-refractivity contribution is 6.40. The summed E-state index contributed by atoms with van der Waals surface area (Å²) in [7, 11) is 0. The smallest absolute Gasteiger partial charge is 0.336 e. The number of fused-ring (bicyclic) bond motifs is 1. The molecular weight excluding hydrogens is 279 g/mol. The van der Waals surface area contributed by atoms with Gasteiger partial charge in [0.2, 0.25) is 0 Å². The first-order valence-corrected chi connectivity index (χ1v) is 5.55. The van der Waals surface area contributed by atoms with Crippen molar-refractivity contribution in [2.24, 2.45) is 0 Å². The molecule has 0 unspecified atom stereocenters. The molecule has 0 saturated carbocycles. The van der Waals surface area contributed by atoms with Crippen LogP contribution in [0.25, 0.3) is 10.8 Å². The van der Waals surface area contributed by atoms with E-state index >= 15 is 0 Å². The molecule has 0 radical (unpaired) electrons. The van der Waals surface area contributed by atoms with Crippen molar-refractivity contribution in [2.45, 2.75) is 0 Å². The zero-order valence-electron chi connectivity index (χ0n) is 8.78. The number of benzene rings is 2. The molecule has 2 N–H and O–H groups in total. The third kappa shape index (κ3) is 2.00. The molecule has 2 rings (SSSR count). The summed E-state index contributed by atoms with van der Waals surface area (Å²) in [6, 6.07) is 5.49. The number of halogens is 2. The second-order valence-electron chi connectivity index (χ2n) is 3.58. The molecule has 2 aromatic carbocycles. The van der Waals surface area contributed by atoms with E-state index < -0.39 is 11.9 Å². The highest BCUT2D eigenvalue weighted by Crippen LogP contribution is 2.32. The minimum Gasteiger partial charge on any atom is -0.478 e. The monoisotopic (exact) mass is 284 g/mol. The lowest BCUT2D eigenvalue weighted by atomic mass is 10.0. The van der Waals surface area contributed by atoms with Crippen molar-refractivity contribution in [3.05, 3.63) is 45.4 Å². The molecule has 6 heteroatoms. The fourth-order valence-electron chi connectivity index (χ4n) is 1.67. The van der Waals surface area contributed by atoms with Gasteiger partial charge in [-0.1, -0.05) is 23.2 Å². The summed E-state index contributed by atoms with van der Waals surface area (Å²) in [6.45, 7) is 0. The minimum atomic E-state index is -1.33. The largest absolute Gasteiger partial charge is 0.478 e. The van der Waals surface area contributed by atoms with Crippen LogP contribution in [0.1, 0.15) is 20.7 Å². The summed E-state index contributed by atoms with van der Waals surface area (Å²) >= 11 is 11.9. The molecule has 2 aromatic rings. The van der Waals surface area contributed by atoms with Crippen LogP contribution in [-0.4, -0.2) is 22.2 Å². The average molecular weight is 285 g/mol. The number of carbonyl (C=O) groups is 2. The van der Waals surface area contributed by atoms with Crippen LogP contribution in [0.2, 0.25) is 10.0 Å². The van der Waals surface area contributed by atoms with E-state index in [1.165, 1.54) is 24.3 Å². The van der Waals surface area contributed by atoms with E-state index in [0.717, 1.165) is 0 Å². The van der Waals surface area contributed by atoms with Crippen molar-refractivity contribution in [1.29, 1.82) is 0 Å². The Balaban J connectivity index is 2.93. The first kappa shape index (κ1) is 12.7. The number of hydrogen-bond donors (Lipinski definition) is 2. The Morgan fingerprint density at radius 1 is 0.833 bits per heavy atom. The number of hydrogen-bond acceptors (Lipinski definition) is 2. The van der Waals surface area contributed by atoms with E-state index in [4.69, 9.17) is 33.4 Å². The third-order valence-electron chi connectivity index (χ3n) is 2.51. The van der Waals surface area contributed by atoms with Gasteiger partial charge in [-0.25, -0.2) is 9.59 Å². The molecule has 4 nitrogen and oxygen atoms in total. The fraction of sp³-hybridized carbons (Fsp3) is 0. The molecule has 18 heavy (non-hydrogen) atoms. The third-order valence-corrected chi connectivity index (χ3v) is 3.17. The molecule has 92 valence electrons. The van der Waals surface area contributed by atoms with Crippen molar-refractivity contribution in [1.82, 2.24) is 0 Å². The Morgan fingerprint density at radius 2 is 1.17 bits per heavy atom. The van der Waals surface area contributed by atoms with Crippen molar-refractivity contribution >= 4 is 45.9 Å². The summed E-state index contributed by atoms with van der Waals surface area (Å²) < 4.78 is 0. The molecule has 0 spiro atoms. The highest BCUT2D eigenvalue weighted by atomic mass is 35.5. The highest BCUT2D eigenvalue weighted by Gasteiger charge is 2.18. The SMILES string of the molecule is O=C(O)c1cc2c(Cl)ccc(Cl)c2cc1C(=O)O. The maximum Gasteiger partial charge on any atom is 0.336 e. The average Bonchev–Trinajstić information content (AvgIpc) is 2.32. The van der Waals surface area contributed by atoms with Gasteiger partial charge in [-0.05, 0) is 24.3 Å². The molecule has 0 aliphatic carbocycles. The van der Waals surface area contributed by atoms with Crippen molar-refractivity contribution < 1.29 is 19.8 Å². The van der Waals surface area contributed by atoms with Gasteiger partial charge in [0.05, 0.1) is 11.1 Å². The van der Waals surface area contributed by atoms with Gasteiger partial charge in [0.25, 0.3) is 0 Å². The van der Waals surface area contributed by atoms with Gasteiger partial charge >= 0.3 is 11.9 Å². The lowest BCUT2D eigenvalue weighted by Crippen LogP contribution is -2.08. The molecule has 0 fully saturated rings. The molecule has 0 aliphatic rings. The van der Waals surface area contributed by atoms with Crippen LogP contribution in [0, 0.1) is 0 Å². The maximum atomic E-state index is 11.0. The van der Waals surface area contributed by atoms with Crippen molar-refractivity contribution in [3.63, 3.8) is 0 Å². The van der Waals surface area contributed by atoms with Crippen LogP contribution in [0.5, 0.6) is 0 Å². The fourth-order valence-corrected chi connectivity index (χ4v) is 2.11. The molecular formula is C12H6Cl2O4. The lowest BCUT2D eigenvalue weighted by molar-refractivity contribution is 0.0652. The van der Waals surface area contributed by atoms with Gasteiger partial charge in [0.15, 0.2) is 0 Å².